The lowest BCUT2D eigenvalue weighted by molar-refractivity contribution is -0.0269. The molecule has 1 aliphatic rings. The summed E-state index contributed by atoms with van der Waals surface area (Å²) in [4.78, 5) is 4.52. The number of hydrogen-bond acceptors (Lipinski definition) is 4. The molecule has 0 N–H and O–H groups in total. The van der Waals surface area contributed by atoms with E-state index in [-0.39, 0.29) is 12.1 Å². The van der Waals surface area contributed by atoms with Crippen molar-refractivity contribution in [2.24, 2.45) is 0 Å². The second kappa shape index (κ2) is 7.44. The fourth-order valence-corrected chi connectivity index (χ4v) is 2.90. The Balaban J connectivity index is 2.13. The van der Waals surface area contributed by atoms with Crippen molar-refractivity contribution in [1.29, 1.82) is 5.26 Å². The van der Waals surface area contributed by atoms with Crippen molar-refractivity contribution in [2.75, 3.05) is 37.7 Å². The third-order valence-electron chi connectivity index (χ3n) is 4.10. The molecule has 1 fully saturated rings. The van der Waals surface area contributed by atoms with Crippen LogP contribution in [-0.4, -0.2) is 43.8 Å². The van der Waals surface area contributed by atoms with Crippen LogP contribution in [0.3, 0.4) is 0 Å². The van der Waals surface area contributed by atoms with Crippen LogP contribution in [0.1, 0.15) is 32.4 Å². The molecule has 0 saturated carbocycles. The van der Waals surface area contributed by atoms with Gasteiger partial charge in [-0.2, -0.15) is 5.26 Å². The number of nitrogens with zero attached hydrogens (tertiary/aromatic N) is 3. The van der Waals surface area contributed by atoms with Crippen LogP contribution in [-0.2, 0) is 4.74 Å². The Kier molecular flexibility index (Phi) is 5.60. The van der Waals surface area contributed by atoms with E-state index in [9.17, 15) is 5.26 Å². The third kappa shape index (κ3) is 3.75. The van der Waals surface area contributed by atoms with Gasteiger partial charge in [-0.25, -0.2) is 0 Å². The Bertz CT molecular complexity index is 476. The van der Waals surface area contributed by atoms with E-state index in [2.05, 4.69) is 60.9 Å². The van der Waals surface area contributed by atoms with E-state index in [0.717, 1.165) is 31.7 Å². The molecule has 1 heterocycles. The fourth-order valence-electron chi connectivity index (χ4n) is 2.90. The molecule has 1 aliphatic heterocycles. The summed E-state index contributed by atoms with van der Waals surface area (Å²) >= 11 is 0. The Labute approximate surface area is 127 Å². The number of benzene rings is 1. The van der Waals surface area contributed by atoms with E-state index in [1.807, 2.05) is 0 Å². The number of rotatable bonds is 5. The first-order valence-corrected chi connectivity index (χ1v) is 7.79. The Morgan fingerprint density at radius 2 is 2.00 bits per heavy atom. The fraction of sp³-hybridized carbons (Fsp3) is 0.588. The summed E-state index contributed by atoms with van der Waals surface area (Å²) in [6, 6.07) is 10.7. The highest BCUT2D eigenvalue weighted by Crippen LogP contribution is 2.25. The van der Waals surface area contributed by atoms with Crippen LogP contribution < -0.4 is 4.90 Å². The molecule has 2 rings (SSSR count). The van der Waals surface area contributed by atoms with Gasteiger partial charge in [0.25, 0.3) is 0 Å². The van der Waals surface area contributed by atoms with Gasteiger partial charge in [-0.3, -0.25) is 4.90 Å². The smallest absolute Gasteiger partial charge is 0.124 e. The summed E-state index contributed by atoms with van der Waals surface area (Å²) in [5.74, 6) is 0. The molecule has 4 heteroatoms. The maximum absolute atomic E-state index is 9.55. The van der Waals surface area contributed by atoms with Crippen LogP contribution in [0.25, 0.3) is 0 Å². The van der Waals surface area contributed by atoms with Gasteiger partial charge in [0.05, 0.1) is 18.8 Å². The molecule has 0 aromatic heterocycles. The van der Waals surface area contributed by atoms with Crippen molar-refractivity contribution in [3.63, 3.8) is 0 Å². The zero-order valence-electron chi connectivity index (χ0n) is 13.2. The van der Waals surface area contributed by atoms with Gasteiger partial charge in [-0.15, -0.1) is 0 Å². The minimum Gasteiger partial charge on any atom is -0.376 e. The highest BCUT2D eigenvalue weighted by molar-refractivity contribution is 5.48. The maximum atomic E-state index is 9.55. The monoisotopic (exact) mass is 287 g/mol. The van der Waals surface area contributed by atoms with Crippen molar-refractivity contribution in [2.45, 2.75) is 32.9 Å². The molecular weight excluding hydrogens is 262 g/mol. The summed E-state index contributed by atoms with van der Waals surface area (Å²) < 4.78 is 5.56. The van der Waals surface area contributed by atoms with Crippen molar-refractivity contribution in [3.05, 3.63) is 29.8 Å². The molecule has 0 radical (unpaired) electrons. The predicted molar refractivity (Wildman–Crippen MR) is 85.3 cm³/mol. The van der Waals surface area contributed by atoms with Crippen LogP contribution in [0.5, 0.6) is 0 Å². The quantitative estimate of drug-likeness (QED) is 0.835. The third-order valence-corrected chi connectivity index (χ3v) is 4.10. The van der Waals surface area contributed by atoms with E-state index in [4.69, 9.17) is 4.74 Å². The van der Waals surface area contributed by atoms with Gasteiger partial charge in [0.1, 0.15) is 6.04 Å². The average molecular weight is 287 g/mol. The molecule has 1 aromatic carbocycles. The van der Waals surface area contributed by atoms with Gasteiger partial charge < -0.3 is 9.64 Å². The molecular formula is C17H25N3O. The standard InChI is InChI=1S/C17H25N3O/c1-4-19(5-2)16-8-6-15(7-9-16)17(12-18)20-10-11-21-14(3)13-20/h6-9,14,17H,4-5,10-11,13H2,1-3H3/t14-,17+/m1/s1. The van der Waals surface area contributed by atoms with E-state index < -0.39 is 0 Å². The molecule has 0 unspecified atom stereocenters. The first-order valence-electron chi connectivity index (χ1n) is 7.79. The minimum atomic E-state index is -0.179. The maximum Gasteiger partial charge on any atom is 0.124 e. The zero-order valence-corrected chi connectivity index (χ0v) is 13.2. The second-order valence-corrected chi connectivity index (χ2v) is 5.47. The minimum absolute atomic E-state index is 0.179. The highest BCUT2D eigenvalue weighted by atomic mass is 16.5. The van der Waals surface area contributed by atoms with E-state index in [1.165, 1.54) is 5.69 Å². The number of nitriles is 1. The molecule has 4 nitrogen and oxygen atoms in total. The topological polar surface area (TPSA) is 39.5 Å². The normalized spacial score (nSPS) is 20.8. The summed E-state index contributed by atoms with van der Waals surface area (Å²) in [5, 5.41) is 9.55. The predicted octanol–water partition coefficient (Wildman–Crippen LogP) is 2.82. The lowest BCUT2D eigenvalue weighted by atomic mass is 10.0. The van der Waals surface area contributed by atoms with E-state index in [1.54, 1.807) is 0 Å². The molecule has 1 saturated heterocycles. The highest BCUT2D eigenvalue weighted by Gasteiger charge is 2.25. The zero-order chi connectivity index (χ0) is 15.2. The number of anilines is 1. The average Bonchev–Trinajstić information content (AvgIpc) is 2.51. The van der Waals surface area contributed by atoms with Crippen LogP contribution in [0.15, 0.2) is 24.3 Å². The van der Waals surface area contributed by atoms with Crippen molar-refractivity contribution < 1.29 is 4.74 Å². The van der Waals surface area contributed by atoms with Crippen LogP contribution >= 0.6 is 0 Å². The van der Waals surface area contributed by atoms with Crippen LogP contribution in [0.2, 0.25) is 0 Å². The molecule has 1 aromatic rings. The molecule has 0 bridgehead atoms. The Morgan fingerprint density at radius 1 is 1.33 bits per heavy atom. The summed E-state index contributed by atoms with van der Waals surface area (Å²) in [6.07, 6.45) is 0.199. The number of ether oxygens (including phenoxy) is 1. The Morgan fingerprint density at radius 3 is 2.52 bits per heavy atom. The molecule has 0 spiro atoms. The second-order valence-electron chi connectivity index (χ2n) is 5.47. The molecule has 0 aliphatic carbocycles. The molecule has 0 amide bonds. The van der Waals surface area contributed by atoms with Gasteiger partial charge in [0.15, 0.2) is 0 Å². The van der Waals surface area contributed by atoms with Crippen LogP contribution in [0, 0.1) is 11.3 Å². The summed E-state index contributed by atoms with van der Waals surface area (Å²) in [7, 11) is 0. The summed E-state index contributed by atoms with van der Waals surface area (Å²) in [6.45, 7) is 10.7. The first-order chi connectivity index (χ1) is 10.2. The van der Waals surface area contributed by atoms with Gasteiger partial charge >= 0.3 is 0 Å². The van der Waals surface area contributed by atoms with Crippen LogP contribution in [0.4, 0.5) is 5.69 Å². The SMILES string of the molecule is CCN(CC)c1ccc([C@H](C#N)N2CCO[C@H](C)C2)cc1. The summed E-state index contributed by atoms with van der Waals surface area (Å²) in [5.41, 5.74) is 2.29. The van der Waals surface area contributed by atoms with Crippen molar-refractivity contribution in [3.8, 4) is 6.07 Å². The van der Waals surface area contributed by atoms with E-state index in [0.29, 0.717) is 6.61 Å². The molecule has 114 valence electrons. The number of hydrogen-bond donors (Lipinski definition) is 0. The first kappa shape index (κ1) is 15.8. The van der Waals surface area contributed by atoms with Gasteiger partial charge in [0.2, 0.25) is 0 Å². The molecule has 21 heavy (non-hydrogen) atoms. The molecule has 2 atom stereocenters. The lowest BCUT2D eigenvalue weighted by Gasteiger charge is -2.34. The van der Waals surface area contributed by atoms with E-state index >= 15 is 0 Å². The van der Waals surface area contributed by atoms with Gasteiger partial charge in [-0.1, -0.05) is 12.1 Å². The Hall–Kier alpha value is -1.57. The largest absolute Gasteiger partial charge is 0.376 e. The van der Waals surface area contributed by atoms with Gasteiger partial charge in [-0.05, 0) is 38.5 Å². The van der Waals surface area contributed by atoms with Gasteiger partial charge in [0, 0.05) is 31.9 Å². The van der Waals surface area contributed by atoms with Crippen molar-refractivity contribution in [1.82, 2.24) is 4.90 Å². The number of morpholine rings is 1. The van der Waals surface area contributed by atoms with Crippen molar-refractivity contribution >= 4 is 5.69 Å². The lowest BCUT2D eigenvalue weighted by Crippen LogP contribution is -2.42.